The number of nitrogens with zero attached hydrogens (tertiary/aromatic N) is 2. The zero-order valence-corrected chi connectivity index (χ0v) is 14.1. The van der Waals surface area contributed by atoms with Gasteiger partial charge in [-0.25, -0.2) is 0 Å². The van der Waals surface area contributed by atoms with Gasteiger partial charge in [-0.05, 0) is 23.3 Å². The molecule has 0 fully saturated rings. The van der Waals surface area contributed by atoms with Gasteiger partial charge in [0.2, 0.25) is 5.91 Å². The van der Waals surface area contributed by atoms with E-state index in [1.54, 1.807) is 0 Å². The van der Waals surface area contributed by atoms with Gasteiger partial charge in [0.25, 0.3) is 11.2 Å². The normalized spacial score (nSPS) is 11.9. The highest BCUT2D eigenvalue weighted by Gasteiger charge is 2.14. The van der Waals surface area contributed by atoms with Gasteiger partial charge in [0.15, 0.2) is 0 Å². The number of hydrogen-bond donors (Lipinski definition) is 1. The summed E-state index contributed by atoms with van der Waals surface area (Å²) < 4.78 is 1.03. The van der Waals surface area contributed by atoms with Crippen LogP contribution in [0.2, 0.25) is 0 Å². The molecule has 7 heteroatoms. The summed E-state index contributed by atoms with van der Waals surface area (Å²) in [5.41, 5.74) is 0.255. The predicted molar refractivity (Wildman–Crippen MR) is 97.9 cm³/mol. The van der Waals surface area contributed by atoms with E-state index in [1.165, 1.54) is 0 Å². The van der Waals surface area contributed by atoms with E-state index in [2.05, 4.69) is 5.32 Å². The first kappa shape index (κ1) is 17.3. The molecule has 0 aliphatic rings. The first-order valence-corrected chi connectivity index (χ1v) is 8.07. The fraction of sp³-hybridized carbons (Fsp3) is 0.158. The third-order valence-corrected chi connectivity index (χ3v) is 4.16. The van der Waals surface area contributed by atoms with Crippen molar-refractivity contribution in [2.75, 3.05) is 0 Å². The second kappa shape index (κ2) is 7.18. The van der Waals surface area contributed by atoms with Gasteiger partial charge in [-0.2, -0.15) is 0 Å². The maximum atomic E-state index is 12.3. The molecule has 0 radical (unpaired) electrons. The van der Waals surface area contributed by atoms with Crippen molar-refractivity contribution in [2.24, 2.45) is 0 Å². The van der Waals surface area contributed by atoms with Gasteiger partial charge in [-0.15, -0.1) is 0 Å². The van der Waals surface area contributed by atoms with Gasteiger partial charge in [0.1, 0.15) is 6.54 Å². The van der Waals surface area contributed by atoms with Crippen LogP contribution in [-0.4, -0.2) is 15.4 Å². The van der Waals surface area contributed by atoms with E-state index in [9.17, 15) is 19.7 Å². The lowest BCUT2D eigenvalue weighted by atomic mass is 10.00. The van der Waals surface area contributed by atoms with Crippen LogP contribution in [0.15, 0.2) is 65.6 Å². The second-order valence-corrected chi connectivity index (χ2v) is 5.97. The first-order chi connectivity index (χ1) is 12.5. The summed E-state index contributed by atoms with van der Waals surface area (Å²) in [5, 5.41) is 15.8. The Balaban J connectivity index is 1.79. The number of fused-ring (bicyclic) bond motifs is 1. The number of carbonyl (C=O) groups is 1. The van der Waals surface area contributed by atoms with Crippen LogP contribution in [0.4, 0.5) is 5.69 Å². The Morgan fingerprint density at radius 1 is 1.15 bits per heavy atom. The Labute approximate surface area is 149 Å². The van der Waals surface area contributed by atoms with Crippen LogP contribution >= 0.6 is 0 Å². The van der Waals surface area contributed by atoms with Crippen molar-refractivity contribution in [1.82, 2.24) is 9.88 Å². The zero-order valence-electron chi connectivity index (χ0n) is 14.1. The maximum absolute atomic E-state index is 12.3. The molecule has 0 saturated carbocycles. The molecular weight excluding hydrogens is 334 g/mol. The molecule has 0 spiro atoms. The molecule has 26 heavy (non-hydrogen) atoms. The van der Waals surface area contributed by atoms with Crippen molar-refractivity contribution in [3.8, 4) is 0 Å². The standard InChI is InChI=1S/C19H17N3O4/c1-13(16-8-4-6-14-5-2-3-7-17(14)16)20-18(23)12-21-11-15(22(25)26)9-10-19(21)24/h2-11,13H,12H2,1H3,(H,20,23)/t13-/m1/s1. The molecule has 1 aromatic heterocycles. The maximum Gasteiger partial charge on any atom is 0.285 e. The van der Waals surface area contributed by atoms with Gasteiger partial charge in [0, 0.05) is 12.1 Å². The molecule has 1 N–H and O–H groups in total. The Kier molecular flexibility index (Phi) is 4.79. The van der Waals surface area contributed by atoms with E-state index < -0.39 is 16.4 Å². The Hall–Kier alpha value is -3.48. The van der Waals surface area contributed by atoms with Crippen LogP contribution in [0.3, 0.4) is 0 Å². The minimum absolute atomic E-state index is 0.237. The van der Waals surface area contributed by atoms with Gasteiger partial charge in [-0.3, -0.25) is 24.3 Å². The lowest BCUT2D eigenvalue weighted by molar-refractivity contribution is -0.385. The van der Waals surface area contributed by atoms with E-state index in [4.69, 9.17) is 0 Å². The Bertz CT molecular complexity index is 1040. The summed E-state index contributed by atoms with van der Waals surface area (Å²) in [6.07, 6.45) is 1.07. The molecule has 2 aromatic carbocycles. The number of aromatic nitrogens is 1. The number of carbonyl (C=O) groups excluding carboxylic acids is 1. The van der Waals surface area contributed by atoms with Crippen LogP contribution < -0.4 is 10.9 Å². The second-order valence-electron chi connectivity index (χ2n) is 5.97. The van der Waals surface area contributed by atoms with Crippen LogP contribution in [0, 0.1) is 10.1 Å². The lowest BCUT2D eigenvalue weighted by Crippen LogP contribution is -2.33. The van der Waals surface area contributed by atoms with Crippen LogP contribution in [0.25, 0.3) is 10.8 Å². The van der Waals surface area contributed by atoms with Crippen molar-refractivity contribution < 1.29 is 9.72 Å². The van der Waals surface area contributed by atoms with Crippen molar-refractivity contribution >= 4 is 22.4 Å². The molecule has 0 saturated heterocycles. The SMILES string of the molecule is C[C@@H](NC(=O)Cn1cc([N+](=O)[O-])ccc1=O)c1cccc2ccccc12. The minimum atomic E-state index is -0.605. The van der Waals surface area contributed by atoms with E-state index in [1.807, 2.05) is 49.4 Å². The molecule has 0 aliphatic heterocycles. The summed E-state index contributed by atoms with van der Waals surface area (Å²) in [4.78, 5) is 34.4. The predicted octanol–water partition coefficient (Wildman–Crippen LogP) is 2.79. The van der Waals surface area contributed by atoms with Crippen molar-refractivity contribution in [2.45, 2.75) is 19.5 Å². The van der Waals surface area contributed by atoms with E-state index in [-0.39, 0.29) is 18.3 Å². The van der Waals surface area contributed by atoms with Crippen molar-refractivity contribution in [3.05, 3.63) is 86.8 Å². The summed E-state index contributed by atoms with van der Waals surface area (Å²) in [6, 6.07) is 15.6. The summed E-state index contributed by atoms with van der Waals surface area (Å²) in [5.74, 6) is -0.395. The van der Waals surface area contributed by atoms with E-state index >= 15 is 0 Å². The molecule has 132 valence electrons. The number of benzene rings is 2. The molecule has 0 bridgehead atoms. The average Bonchev–Trinajstić information content (AvgIpc) is 2.62. The highest BCUT2D eigenvalue weighted by molar-refractivity contribution is 5.86. The quantitative estimate of drug-likeness (QED) is 0.565. The molecule has 0 unspecified atom stereocenters. The molecule has 1 heterocycles. The van der Waals surface area contributed by atoms with Gasteiger partial charge in [0.05, 0.1) is 17.2 Å². The zero-order chi connectivity index (χ0) is 18.7. The summed E-state index contributed by atoms with van der Waals surface area (Å²) >= 11 is 0. The Morgan fingerprint density at radius 3 is 2.65 bits per heavy atom. The fourth-order valence-corrected chi connectivity index (χ4v) is 2.90. The molecule has 0 aliphatic carbocycles. The number of rotatable bonds is 5. The van der Waals surface area contributed by atoms with E-state index in [0.29, 0.717) is 0 Å². The molecule has 1 amide bonds. The number of pyridine rings is 1. The molecular formula is C19H17N3O4. The molecule has 3 aromatic rings. The summed E-state index contributed by atoms with van der Waals surface area (Å²) in [6.45, 7) is 1.57. The smallest absolute Gasteiger partial charge is 0.285 e. The minimum Gasteiger partial charge on any atom is -0.348 e. The molecule has 1 atom stereocenters. The largest absolute Gasteiger partial charge is 0.348 e. The van der Waals surface area contributed by atoms with Gasteiger partial charge >= 0.3 is 0 Å². The van der Waals surface area contributed by atoms with Gasteiger partial charge in [-0.1, -0.05) is 42.5 Å². The first-order valence-electron chi connectivity index (χ1n) is 8.07. The number of nitrogens with one attached hydrogen (secondary N) is 1. The average molecular weight is 351 g/mol. The highest BCUT2D eigenvalue weighted by Crippen LogP contribution is 2.23. The third-order valence-electron chi connectivity index (χ3n) is 4.16. The fourth-order valence-electron chi connectivity index (χ4n) is 2.90. The number of amides is 1. The summed E-state index contributed by atoms with van der Waals surface area (Å²) in [7, 11) is 0. The highest BCUT2D eigenvalue weighted by atomic mass is 16.6. The van der Waals surface area contributed by atoms with E-state index in [0.717, 1.165) is 39.2 Å². The Morgan fingerprint density at radius 2 is 1.88 bits per heavy atom. The number of hydrogen-bond acceptors (Lipinski definition) is 4. The van der Waals surface area contributed by atoms with Crippen molar-refractivity contribution in [1.29, 1.82) is 0 Å². The molecule has 7 nitrogen and oxygen atoms in total. The topological polar surface area (TPSA) is 94.2 Å². The van der Waals surface area contributed by atoms with Crippen LogP contribution in [0.5, 0.6) is 0 Å². The molecule has 3 rings (SSSR count). The monoisotopic (exact) mass is 351 g/mol. The van der Waals surface area contributed by atoms with Crippen molar-refractivity contribution in [3.63, 3.8) is 0 Å². The third kappa shape index (κ3) is 3.61. The van der Waals surface area contributed by atoms with Crippen LogP contribution in [-0.2, 0) is 11.3 Å². The van der Waals surface area contributed by atoms with Gasteiger partial charge < -0.3 is 5.32 Å². The lowest BCUT2D eigenvalue weighted by Gasteiger charge is -2.17. The van der Waals surface area contributed by atoms with Crippen LogP contribution in [0.1, 0.15) is 18.5 Å². The number of nitro groups is 1.